The van der Waals surface area contributed by atoms with Crippen molar-refractivity contribution < 1.29 is 18.0 Å². The van der Waals surface area contributed by atoms with E-state index in [1.54, 1.807) is 32.0 Å². The molecule has 20 heavy (non-hydrogen) atoms. The minimum absolute atomic E-state index is 0.0770. The molecule has 108 valence electrons. The van der Waals surface area contributed by atoms with E-state index >= 15 is 0 Å². The Bertz CT molecular complexity index is 714. The summed E-state index contributed by atoms with van der Waals surface area (Å²) in [4.78, 5) is 12.1. The normalized spacial score (nSPS) is 11.9. The number of fused-ring (bicyclic) bond motifs is 1. The molecular weight excluding hydrogens is 347 g/mol. The molecule has 0 bridgehead atoms. The number of rotatable bonds is 5. The third-order valence-corrected chi connectivity index (χ3v) is 5.31. The summed E-state index contributed by atoms with van der Waals surface area (Å²) in [5.74, 6) is 0. The van der Waals surface area contributed by atoms with Gasteiger partial charge in [0.2, 0.25) is 0 Å². The summed E-state index contributed by atoms with van der Waals surface area (Å²) >= 11 is 3.30. The predicted octanol–water partition coefficient (Wildman–Crippen LogP) is 3.45. The molecule has 2 rings (SSSR count). The van der Waals surface area contributed by atoms with Crippen LogP contribution in [-0.2, 0) is 13.6 Å². The molecular formula is C13H14BrO5P. The van der Waals surface area contributed by atoms with Crippen LogP contribution in [-0.4, -0.2) is 13.2 Å². The maximum Gasteiger partial charge on any atom is 0.368 e. The molecule has 0 spiro atoms. The third kappa shape index (κ3) is 2.88. The lowest BCUT2D eigenvalue weighted by Crippen LogP contribution is -2.26. The minimum atomic E-state index is -3.65. The zero-order valence-electron chi connectivity index (χ0n) is 11.1. The zero-order chi connectivity index (χ0) is 14.8. The monoisotopic (exact) mass is 360 g/mol. The maximum atomic E-state index is 12.6. The van der Waals surface area contributed by atoms with E-state index in [1.165, 1.54) is 6.07 Å². The fraction of sp³-hybridized carbons (Fsp3) is 0.308. The van der Waals surface area contributed by atoms with E-state index in [-0.39, 0.29) is 18.5 Å². The summed E-state index contributed by atoms with van der Waals surface area (Å²) in [5.41, 5.74) is -0.310. The molecule has 5 nitrogen and oxygen atoms in total. The van der Waals surface area contributed by atoms with Crippen molar-refractivity contribution in [2.24, 2.45) is 0 Å². The number of halogens is 1. The molecule has 0 saturated carbocycles. The first kappa shape index (κ1) is 15.4. The lowest BCUT2D eigenvalue weighted by atomic mass is 10.2. The van der Waals surface area contributed by atoms with Crippen LogP contribution in [0.1, 0.15) is 13.8 Å². The van der Waals surface area contributed by atoms with Crippen LogP contribution in [0.3, 0.4) is 0 Å². The van der Waals surface area contributed by atoms with Crippen molar-refractivity contribution >= 4 is 39.8 Å². The smallest absolute Gasteiger partial charge is 0.368 e. The molecule has 0 radical (unpaired) electrons. The second-order valence-electron chi connectivity index (χ2n) is 3.91. The average molecular weight is 361 g/mol. The van der Waals surface area contributed by atoms with Crippen molar-refractivity contribution in [1.29, 1.82) is 0 Å². The first-order valence-corrected chi connectivity index (χ1v) is 8.47. The highest BCUT2D eigenvalue weighted by Crippen LogP contribution is 2.46. The van der Waals surface area contributed by atoms with Gasteiger partial charge in [-0.25, -0.2) is 4.79 Å². The van der Waals surface area contributed by atoms with Gasteiger partial charge in [0.15, 0.2) is 10.9 Å². The lowest BCUT2D eigenvalue weighted by Gasteiger charge is -2.16. The first-order valence-electron chi connectivity index (χ1n) is 6.14. The molecule has 0 N–H and O–H groups in total. The van der Waals surface area contributed by atoms with E-state index in [0.717, 1.165) is 0 Å². The van der Waals surface area contributed by atoms with Crippen molar-refractivity contribution in [3.63, 3.8) is 0 Å². The molecule has 7 heteroatoms. The van der Waals surface area contributed by atoms with Gasteiger partial charge in [-0.15, -0.1) is 0 Å². The van der Waals surface area contributed by atoms with Crippen LogP contribution in [0.25, 0.3) is 11.0 Å². The summed E-state index contributed by atoms with van der Waals surface area (Å²) in [5, 5.41) is 0.570. The van der Waals surface area contributed by atoms with Gasteiger partial charge in [-0.3, -0.25) is 4.57 Å². The van der Waals surface area contributed by atoms with E-state index in [9.17, 15) is 9.36 Å². The van der Waals surface area contributed by atoms with Gasteiger partial charge in [-0.05, 0) is 41.9 Å². The Kier molecular flexibility index (Phi) is 4.81. The topological polar surface area (TPSA) is 65.7 Å². The van der Waals surface area contributed by atoms with Crippen LogP contribution in [0.15, 0.2) is 37.9 Å². The van der Waals surface area contributed by atoms with Crippen LogP contribution >= 0.6 is 23.5 Å². The van der Waals surface area contributed by atoms with E-state index in [1.807, 2.05) is 0 Å². The van der Waals surface area contributed by atoms with Crippen LogP contribution in [0.5, 0.6) is 0 Å². The first-order chi connectivity index (χ1) is 9.51. The molecule has 0 saturated heterocycles. The summed E-state index contributed by atoms with van der Waals surface area (Å²) in [6, 6.07) is 6.81. The van der Waals surface area contributed by atoms with Crippen molar-refractivity contribution in [1.82, 2.24) is 0 Å². The van der Waals surface area contributed by atoms with Gasteiger partial charge < -0.3 is 13.5 Å². The third-order valence-electron chi connectivity index (χ3n) is 2.59. The number of hydrogen-bond donors (Lipinski definition) is 0. The van der Waals surface area contributed by atoms with Crippen LogP contribution in [0.4, 0.5) is 0 Å². The number of benzene rings is 1. The van der Waals surface area contributed by atoms with Crippen LogP contribution in [0.2, 0.25) is 0 Å². The van der Waals surface area contributed by atoms with Gasteiger partial charge in [-0.2, -0.15) is 0 Å². The Morgan fingerprint density at radius 2 is 1.90 bits per heavy atom. The van der Waals surface area contributed by atoms with E-state index in [4.69, 9.17) is 13.5 Å². The lowest BCUT2D eigenvalue weighted by molar-refractivity contribution is 0.229. The van der Waals surface area contributed by atoms with E-state index in [0.29, 0.717) is 15.4 Å². The van der Waals surface area contributed by atoms with Crippen molar-refractivity contribution in [2.45, 2.75) is 13.8 Å². The number of para-hydroxylation sites is 1. The van der Waals surface area contributed by atoms with Crippen molar-refractivity contribution in [3.05, 3.63) is 39.2 Å². The van der Waals surface area contributed by atoms with Gasteiger partial charge in [0.05, 0.1) is 17.7 Å². The van der Waals surface area contributed by atoms with Crippen molar-refractivity contribution in [2.75, 3.05) is 13.2 Å². The van der Waals surface area contributed by atoms with Crippen LogP contribution in [0, 0.1) is 0 Å². The standard InChI is InChI=1S/C13H14BrO5P/c1-3-17-20(16,18-4-2)11-8-9-6-5-7-10(14)12(9)19-13(11)15/h5-8H,3-4H2,1-2H3. The summed E-state index contributed by atoms with van der Waals surface area (Å²) in [6.45, 7) is 3.72. The van der Waals surface area contributed by atoms with Gasteiger partial charge >= 0.3 is 13.2 Å². The highest BCUT2D eigenvalue weighted by atomic mass is 79.9. The molecule has 0 aliphatic carbocycles. The molecule has 2 aromatic rings. The fourth-order valence-electron chi connectivity index (χ4n) is 1.81. The molecule has 0 amide bonds. The quantitative estimate of drug-likeness (QED) is 0.603. The van der Waals surface area contributed by atoms with Crippen LogP contribution < -0.4 is 10.9 Å². The predicted molar refractivity (Wildman–Crippen MR) is 80.7 cm³/mol. The van der Waals surface area contributed by atoms with Gasteiger partial charge in [0.25, 0.3) is 0 Å². The highest BCUT2D eigenvalue weighted by Gasteiger charge is 2.31. The van der Waals surface area contributed by atoms with E-state index < -0.39 is 13.2 Å². The van der Waals surface area contributed by atoms with Gasteiger partial charge in [-0.1, -0.05) is 12.1 Å². The Morgan fingerprint density at radius 1 is 1.25 bits per heavy atom. The SMILES string of the molecule is CCOP(=O)(OCC)c1cc2cccc(Br)c2oc1=O. The minimum Gasteiger partial charge on any atom is -0.421 e. The molecule has 0 aliphatic heterocycles. The fourth-order valence-corrected chi connectivity index (χ4v) is 3.87. The Morgan fingerprint density at radius 3 is 2.50 bits per heavy atom. The molecule has 0 unspecified atom stereocenters. The second-order valence-corrected chi connectivity index (χ2v) is 6.76. The maximum absolute atomic E-state index is 12.6. The summed E-state index contributed by atoms with van der Waals surface area (Å²) < 4.78 is 28.9. The average Bonchev–Trinajstić information content (AvgIpc) is 2.40. The Labute approximate surface area is 124 Å². The second kappa shape index (κ2) is 6.22. The molecule has 0 aliphatic rings. The van der Waals surface area contributed by atoms with Gasteiger partial charge in [0, 0.05) is 5.39 Å². The van der Waals surface area contributed by atoms with Crippen molar-refractivity contribution in [3.8, 4) is 0 Å². The Balaban J connectivity index is 2.68. The molecule has 1 aromatic carbocycles. The summed E-state index contributed by atoms with van der Waals surface area (Å²) in [6.07, 6.45) is 0. The highest BCUT2D eigenvalue weighted by molar-refractivity contribution is 9.10. The summed E-state index contributed by atoms with van der Waals surface area (Å²) in [7, 11) is -3.65. The van der Waals surface area contributed by atoms with Gasteiger partial charge in [0.1, 0.15) is 0 Å². The molecule has 1 aromatic heterocycles. The molecule has 1 heterocycles. The van der Waals surface area contributed by atoms with E-state index in [2.05, 4.69) is 15.9 Å². The number of hydrogen-bond acceptors (Lipinski definition) is 5. The zero-order valence-corrected chi connectivity index (χ0v) is 13.6. The molecule has 0 fully saturated rings. The Hall–Kier alpha value is -0.940. The largest absolute Gasteiger partial charge is 0.421 e. The molecule has 0 atom stereocenters.